The van der Waals surface area contributed by atoms with Crippen LogP contribution in [0.15, 0.2) is 11.6 Å². The Morgan fingerprint density at radius 3 is 3.19 bits per heavy atom. The third kappa shape index (κ3) is 3.58. The topological polar surface area (TPSA) is 74.8 Å². The lowest BCUT2D eigenvalue weighted by molar-refractivity contribution is -0.140. The van der Waals surface area contributed by atoms with Gasteiger partial charge in [0.25, 0.3) is 0 Å². The first-order chi connectivity index (χ1) is 10.2. The van der Waals surface area contributed by atoms with Gasteiger partial charge in [0, 0.05) is 37.8 Å². The Morgan fingerprint density at radius 2 is 2.43 bits per heavy atom. The fourth-order valence-electron chi connectivity index (χ4n) is 2.53. The predicted molar refractivity (Wildman–Crippen MR) is 76.8 cm³/mol. The van der Waals surface area contributed by atoms with E-state index in [9.17, 15) is 9.59 Å². The number of hydrogen-bond donors (Lipinski definition) is 1. The minimum atomic E-state index is -0.0859. The second kappa shape index (κ2) is 6.50. The monoisotopic (exact) mass is 310 g/mol. The van der Waals surface area contributed by atoms with Gasteiger partial charge in [0.2, 0.25) is 11.8 Å². The number of amides is 2. The second-order valence-electron chi connectivity index (χ2n) is 5.13. The molecule has 7 nitrogen and oxygen atoms in total. The zero-order chi connectivity index (χ0) is 14.7. The first-order valence-electron chi connectivity index (χ1n) is 7.00. The molecule has 0 bridgehead atoms. The number of carbonyl (C=O) groups excluding carboxylic acids is 2. The molecule has 2 aliphatic heterocycles. The van der Waals surface area contributed by atoms with Crippen LogP contribution < -0.4 is 5.32 Å². The minimum Gasteiger partial charge on any atom is -0.368 e. The molecule has 2 amide bonds. The van der Waals surface area contributed by atoms with Crippen LogP contribution in [0.5, 0.6) is 0 Å². The number of piperazine rings is 1. The highest BCUT2D eigenvalue weighted by Gasteiger charge is 2.28. The highest BCUT2D eigenvalue weighted by molar-refractivity contribution is 7.09. The van der Waals surface area contributed by atoms with E-state index in [0.29, 0.717) is 32.8 Å². The van der Waals surface area contributed by atoms with Crippen molar-refractivity contribution in [2.24, 2.45) is 0 Å². The third-order valence-electron chi connectivity index (χ3n) is 3.63. The van der Waals surface area contributed by atoms with Crippen LogP contribution in [0.2, 0.25) is 0 Å². The van der Waals surface area contributed by atoms with Crippen molar-refractivity contribution in [3.05, 3.63) is 16.6 Å². The first kappa shape index (κ1) is 14.4. The minimum absolute atomic E-state index is 0.00430. The van der Waals surface area contributed by atoms with Crippen molar-refractivity contribution in [3.8, 4) is 0 Å². The lowest BCUT2D eigenvalue weighted by atomic mass is 10.2. The molecule has 1 aromatic heterocycles. The molecule has 1 aromatic rings. The molecule has 8 heteroatoms. The molecule has 0 spiro atoms. The molecule has 21 heavy (non-hydrogen) atoms. The van der Waals surface area contributed by atoms with Gasteiger partial charge >= 0.3 is 0 Å². The van der Waals surface area contributed by atoms with Gasteiger partial charge in [-0.15, -0.1) is 11.3 Å². The van der Waals surface area contributed by atoms with E-state index in [1.54, 1.807) is 22.4 Å². The molecule has 1 N–H and O–H groups in total. The van der Waals surface area contributed by atoms with Crippen molar-refractivity contribution in [2.75, 3.05) is 45.9 Å². The number of nitrogens with one attached hydrogen (secondary N) is 1. The van der Waals surface area contributed by atoms with Gasteiger partial charge in [-0.05, 0) is 0 Å². The average Bonchev–Trinajstić information content (AvgIpc) is 3.02. The maximum atomic E-state index is 12.3. The van der Waals surface area contributed by atoms with E-state index < -0.39 is 0 Å². The van der Waals surface area contributed by atoms with Gasteiger partial charge in [0.1, 0.15) is 11.1 Å². The van der Waals surface area contributed by atoms with E-state index >= 15 is 0 Å². The van der Waals surface area contributed by atoms with Crippen molar-refractivity contribution >= 4 is 23.2 Å². The smallest absolute Gasteiger partial charge is 0.239 e. The Labute approximate surface area is 126 Å². The molecule has 0 aliphatic carbocycles. The molecule has 2 saturated heterocycles. The Bertz CT molecular complexity index is 508. The summed E-state index contributed by atoms with van der Waals surface area (Å²) in [5.74, 6) is -0.0816. The van der Waals surface area contributed by atoms with Crippen LogP contribution in [0, 0.1) is 0 Å². The molecule has 2 fully saturated rings. The molecule has 1 atom stereocenters. The Kier molecular flexibility index (Phi) is 4.47. The summed E-state index contributed by atoms with van der Waals surface area (Å²) >= 11 is 1.57. The number of rotatable bonds is 3. The first-order valence-corrected chi connectivity index (χ1v) is 7.88. The molecule has 3 heterocycles. The van der Waals surface area contributed by atoms with E-state index in [0.717, 1.165) is 11.6 Å². The van der Waals surface area contributed by atoms with Crippen LogP contribution in [0.1, 0.15) is 11.1 Å². The largest absolute Gasteiger partial charge is 0.368 e. The quantitative estimate of drug-likeness (QED) is 0.813. The lowest BCUT2D eigenvalue weighted by Gasteiger charge is -2.34. The van der Waals surface area contributed by atoms with Crippen molar-refractivity contribution in [3.63, 3.8) is 0 Å². The summed E-state index contributed by atoms with van der Waals surface area (Å²) in [6, 6.07) is 0. The number of morpholine rings is 1. The predicted octanol–water partition coefficient (Wildman–Crippen LogP) is -0.525. The fraction of sp³-hybridized carbons (Fsp3) is 0.615. The second-order valence-corrected chi connectivity index (χ2v) is 6.06. The molecule has 0 saturated carbocycles. The SMILES string of the molecule is O=C1CN(C(=O)CN2CCO[C@@H](c3nccs3)C2)CCN1. The molecular weight excluding hydrogens is 292 g/mol. The van der Waals surface area contributed by atoms with Crippen LogP contribution >= 0.6 is 11.3 Å². The number of thiazole rings is 1. The summed E-state index contributed by atoms with van der Waals surface area (Å²) in [6.45, 7) is 3.61. The zero-order valence-electron chi connectivity index (χ0n) is 11.7. The summed E-state index contributed by atoms with van der Waals surface area (Å²) in [6.07, 6.45) is 1.70. The van der Waals surface area contributed by atoms with Gasteiger partial charge in [-0.2, -0.15) is 0 Å². The van der Waals surface area contributed by atoms with Gasteiger partial charge in [-0.25, -0.2) is 4.98 Å². The molecule has 114 valence electrons. The number of ether oxygens (including phenoxy) is 1. The van der Waals surface area contributed by atoms with Crippen LogP contribution in [-0.2, 0) is 14.3 Å². The van der Waals surface area contributed by atoms with Crippen molar-refractivity contribution in [1.29, 1.82) is 0 Å². The number of carbonyl (C=O) groups is 2. The van der Waals surface area contributed by atoms with E-state index in [2.05, 4.69) is 15.2 Å². The van der Waals surface area contributed by atoms with Gasteiger partial charge in [-0.1, -0.05) is 0 Å². The van der Waals surface area contributed by atoms with Crippen LogP contribution in [0.3, 0.4) is 0 Å². The van der Waals surface area contributed by atoms with Crippen LogP contribution in [0.4, 0.5) is 0 Å². The fourth-order valence-corrected chi connectivity index (χ4v) is 3.21. The average molecular weight is 310 g/mol. The molecular formula is C13H18N4O3S. The van der Waals surface area contributed by atoms with Crippen molar-refractivity contribution in [1.82, 2.24) is 20.1 Å². The highest BCUT2D eigenvalue weighted by atomic mass is 32.1. The Balaban J connectivity index is 1.54. The summed E-state index contributed by atoms with van der Waals surface area (Å²) < 4.78 is 5.71. The highest BCUT2D eigenvalue weighted by Crippen LogP contribution is 2.23. The number of aromatic nitrogens is 1. The number of hydrogen-bond acceptors (Lipinski definition) is 6. The molecule has 2 aliphatic rings. The van der Waals surface area contributed by atoms with Gasteiger partial charge in [0.15, 0.2) is 0 Å². The Hall–Kier alpha value is -1.51. The van der Waals surface area contributed by atoms with Gasteiger partial charge in [-0.3, -0.25) is 14.5 Å². The van der Waals surface area contributed by atoms with E-state index in [4.69, 9.17) is 4.74 Å². The summed E-state index contributed by atoms with van der Waals surface area (Å²) in [7, 11) is 0. The zero-order valence-corrected chi connectivity index (χ0v) is 12.5. The third-order valence-corrected chi connectivity index (χ3v) is 4.49. The van der Waals surface area contributed by atoms with E-state index in [-0.39, 0.29) is 24.5 Å². The van der Waals surface area contributed by atoms with E-state index in [1.807, 2.05) is 5.38 Å². The van der Waals surface area contributed by atoms with Crippen molar-refractivity contribution < 1.29 is 14.3 Å². The van der Waals surface area contributed by atoms with E-state index in [1.165, 1.54) is 0 Å². The summed E-state index contributed by atoms with van der Waals surface area (Å²) in [4.78, 5) is 31.6. The Morgan fingerprint density at radius 1 is 1.52 bits per heavy atom. The molecule has 0 radical (unpaired) electrons. The lowest BCUT2D eigenvalue weighted by Crippen LogP contribution is -2.53. The normalized spacial score (nSPS) is 23.9. The van der Waals surface area contributed by atoms with Crippen molar-refractivity contribution in [2.45, 2.75) is 6.10 Å². The van der Waals surface area contributed by atoms with Crippen LogP contribution in [-0.4, -0.2) is 72.5 Å². The molecule has 0 aromatic carbocycles. The number of nitrogens with zero attached hydrogens (tertiary/aromatic N) is 3. The maximum Gasteiger partial charge on any atom is 0.239 e. The molecule has 0 unspecified atom stereocenters. The summed E-state index contributed by atoms with van der Waals surface area (Å²) in [5.41, 5.74) is 0. The maximum absolute atomic E-state index is 12.3. The van der Waals surface area contributed by atoms with Crippen LogP contribution in [0.25, 0.3) is 0 Å². The van der Waals surface area contributed by atoms with Gasteiger partial charge in [0.05, 0.1) is 19.7 Å². The summed E-state index contributed by atoms with van der Waals surface area (Å²) in [5, 5.41) is 5.60. The standard InChI is InChI=1S/C13H18N4O3S/c18-11-8-17(3-1-14-11)12(19)9-16-4-5-20-10(7-16)13-15-2-6-21-13/h2,6,10H,1,3-5,7-9H2,(H,14,18)/t10-/m1/s1. The van der Waals surface area contributed by atoms with Gasteiger partial charge < -0.3 is 15.0 Å². The molecule has 3 rings (SSSR count).